The predicted molar refractivity (Wildman–Crippen MR) is 171 cm³/mol. The van der Waals surface area contributed by atoms with Crippen LogP contribution in [0, 0.1) is 5.82 Å². The monoisotopic (exact) mass is 618 g/mol. The topological polar surface area (TPSA) is 27.1 Å². The maximum atomic E-state index is 15.5. The van der Waals surface area contributed by atoms with Crippen molar-refractivity contribution >= 4 is 5.57 Å². The SMILES string of the molecule is Fc1cc(C(F)(F)F)ccc1C(=CCOCc1ccccc1)c1cnn(C(c2ccccc2)(c2ccccc2)c2ccccc2)c1. The summed E-state index contributed by atoms with van der Waals surface area (Å²) >= 11 is 0. The van der Waals surface area contributed by atoms with E-state index < -0.39 is 23.1 Å². The van der Waals surface area contributed by atoms with Crippen LogP contribution in [-0.4, -0.2) is 16.4 Å². The van der Waals surface area contributed by atoms with Crippen molar-refractivity contribution in [2.45, 2.75) is 18.3 Å². The molecule has 1 heterocycles. The number of benzene rings is 5. The minimum Gasteiger partial charge on any atom is -0.373 e. The average Bonchev–Trinajstić information content (AvgIpc) is 3.57. The van der Waals surface area contributed by atoms with Crippen LogP contribution in [0.3, 0.4) is 0 Å². The highest BCUT2D eigenvalue weighted by Gasteiger charge is 2.39. The van der Waals surface area contributed by atoms with Crippen LogP contribution < -0.4 is 0 Å². The molecule has 0 unspecified atom stereocenters. The van der Waals surface area contributed by atoms with Crippen LogP contribution in [0.15, 0.2) is 158 Å². The van der Waals surface area contributed by atoms with Crippen LogP contribution in [0.5, 0.6) is 0 Å². The molecule has 3 nitrogen and oxygen atoms in total. The number of halogens is 4. The average molecular weight is 619 g/mol. The standard InChI is InChI=1S/C39H30F4N2O/c40-37-25-34(39(41,42)43)21-22-36(37)35(23-24-46-28-29-13-5-1-6-14-29)30-26-44-45(27-30)38(31-15-7-2-8-16-31,32-17-9-3-10-18-32)33-19-11-4-12-20-33/h1-23,25-27H,24,28H2. The maximum Gasteiger partial charge on any atom is 0.416 e. The Morgan fingerprint density at radius 3 is 1.70 bits per heavy atom. The number of nitrogens with zero attached hydrogens (tertiary/aromatic N) is 2. The van der Waals surface area contributed by atoms with Crippen molar-refractivity contribution in [3.63, 3.8) is 0 Å². The van der Waals surface area contributed by atoms with Crippen molar-refractivity contribution < 1.29 is 22.3 Å². The van der Waals surface area contributed by atoms with Gasteiger partial charge in [0, 0.05) is 17.3 Å². The molecule has 0 fully saturated rings. The van der Waals surface area contributed by atoms with Gasteiger partial charge in [-0.2, -0.15) is 18.3 Å². The van der Waals surface area contributed by atoms with Gasteiger partial charge >= 0.3 is 6.18 Å². The first-order valence-corrected chi connectivity index (χ1v) is 14.8. The molecular weight excluding hydrogens is 588 g/mol. The summed E-state index contributed by atoms with van der Waals surface area (Å²) in [6.45, 7) is 0.412. The second kappa shape index (κ2) is 13.4. The van der Waals surface area contributed by atoms with E-state index in [4.69, 9.17) is 9.84 Å². The van der Waals surface area contributed by atoms with Gasteiger partial charge in [-0.15, -0.1) is 0 Å². The fourth-order valence-electron chi connectivity index (χ4n) is 5.77. The molecule has 0 aliphatic rings. The summed E-state index contributed by atoms with van der Waals surface area (Å²) in [7, 11) is 0. The second-order valence-electron chi connectivity index (χ2n) is 10.8. The van der Waals surface area contributed by atoms with Crippen molar-refractivity contribution in [2.24, 2.45) is 0 Å². The summed E-state index contributed by atoms with van der Waals surface area (Å²) in [6.07, 6.45) is 0.440. The molecule has 0 saturated carbocycles. The lowest BCUT2D eigenvalue weighted by molar-refractivity contribution is -0.137. The molecule has 0 spiro atoms. The highest BCUT2D eigenvalue weighted by atomic mass is 19.4. The van der Waals surface area contributed by atoms with E-state index in [9.17, 15) is 13.2 Å². The van der Waals surface area contributed by atoms with E-state index in [0.29, 0.717) is 23.8 Å². The predicted octanol–water partition coefficient (Wildman–Crippen LogP) is 9.53. The Morgan fingerprint density at radius 2 is 1.20 bits per heavy atom. The van der Waals surface area contributed by atoms with Crippen molar-refractivity contribution in [3.8, 4) is 0 Å². The molecule has 7 heteroatoms. The summed E-state index contributed by atoms with van der Waals surface area (Å²) in [5, 5.41) is 4.86. The van der Waals surface area contributed by atoms with Gasteiger partial charge in [-0.3, -0.25) is 4.68 Å². The van der Waals surface area contributed by atoms with E-state index >= 15 is 4.39 Å². The molecule has 46 heavy (non-hydrogen) atoms. The number of hydrogen-bond donors (Lipinski definition) is 0. The van der Waals surface area contributed by atoms with Gasteiger partial charge < -0.3 is 4.74 Å². The van der Waals surface area contributed by atoms with E-state index in [1.54, 1.807) is 12.3 Å². The Kier molecular flexibility index (Phi) is 8.94. The first-order chi connectivity index (χ1) is 22.4. The Balaban J connectivity index is 1.49. The number of aromatic nitrogens is 2. The molecule has 0 aliphatic carbocycles. The Bertz CT molecular complexity index is 1810. The largest absolute Gasteiger partial charge is 0.416 e. The number of ether oxygens (including phenoxy) is 1. The van der Waals surface area contributed by atoms with Crippen molar-refractivity contribution in [3.05, 3.63) is 203 Å². The summed E-state index contributed by atoms with van der Waals surface area (Å²) in [6, 6.07) is 42.0. The van der Waals surface area contributed by atoms with Gasteiger partial charge in [0.05, 0.1) is 25.0 Å². The third-order valence-electron chi connectivity index (χ3n) is 7.92. The molecule has 1 aromatic heterocycles. The Labute approximate surface area is 265 Å². The summed E-state index contributed by atoms with van der Waals surface area (Å²) in [5.41, 5.74) is 2.72. The van der Waals surface area contributed by atoms with E-state index in [-0.39, 0.29) is 12.2 Å². The molecule has 0 amide bonds. The van der Waals surface area contributed by atoms with E-state index in [1.807, 2.05) is 132 Å². The van der Waals surface area contributed by atoms with Crippen molar-refractivity contribution in [1.29, 1.82) is 0 Å². The van der Waals surface area contributed by atoms with Crippen LogP contribution in [0.4, 0.5) is 17.6 Å². The lowest BCUT2D eigenvalue weighted by Gasteiger charge is -2.36. The zero-order valence-electron chi connectivity index (χ0n) is 24.7. The summed E-state index contributed by atoms with van der Waals surface area (Å²) < 4.78 is 63.6. The smallest absolute Gasteiger partial charge is 0.373 e. The lowest BCUT2D eigenvalue weighted by atomic mass is 9.77. The molecule has 6 aromatic rings. The van der Waals surface area contributed by atoms with Gasteiger partial charge in [-0.25, -0.2) is 4.39 Å². The second-order valence-corrected chi connectivity index (χ2v) is 10.8. The van der Waals surface area contributed by atoms with Crippen LogP contribution >= 0.6 is 0 Å². The highest BCUT2D eigenvalue weighted by molar-refractivity contribution is 5.80. The first-order valence-electron chi connectivity index (χ1n) is 14.8. The van der Waals surface area contributed by atoms with Crippen molar-refractivity contribution in [2.75, 3.05) is 6.61 Å². The molecular formula is C39H30F4N2O. The van der Waals surface area contributed by atoms with Gasteiger partial charge in [-0.05, 0) is 40.0 Å². The third kappa shape index (κ3) is 6.28. The number of rotatable bonds is 10. The van der Waals surface area contributed by atoms with Gasteiger partial charge in [0.1, 0.15) is 11.4 Å². The van der Waals surface area contributed by atoms with Gasteiger partial charge in [0.2, 0.25) is 0 Å². The molecule has 0 N–H and O–H groups in total. The van der Waals surface area contributed by atoms with Gasteiger partial charge in [0.25, 0.3) is 0 Å². The van der Waals surface area contributed by atoms with E-state index in [1.165, 1.54) is 0 Å². The minimum atomic E-state index is -4.67. The van der Waals surface area contributed by atoms with Crippen LogP contribution in [-0.2, 0) is 23.1 Å². The Hall–Kier alpha value is -5.27. The number of hydrogen-bond acceptors (Lipinski definition) is 2. The molecule has 0 bridgehead atoms. The van der Waals surface area contributed by atoms with Crippen LogP contribution in [0.25, 0.3) is 5.57 Å². The quantitative estimate of drug-likeness (QED) is 0.0869. The van der Waals surface area contributed by atoms with Crippen molar-refractivity contribution in [1.82, 2.24) is 9.78 Å². The molecule has 0 aliphatic heterocycles. The van der Waals surface area contributed by atoms with Crippen LogP contribution in [0.1, 0.15) is 38.9 Å². The Morgan fingerprint density at radius 1 is 0.674 bits per heavy atom. The van der Waals surface area contributed by atoms with E-state index in [2.05, 4.69) is 0 Å². The summed E-state index contributed by atoms with van der Waals surface area (Å²) in [4.78, 5) is 0. The highest BCUT2D eigenvalue weighted by Crippen LogP contribution is 2.41. The molecule has 0 radical (unpaired) electrons. The number of alkyl halides is 3. The molecule has 0 saturated heterocycles. The zero-order chi connectivity index (χ0) is 32.0. The molecule has 230 valence electrons. The van der Waals surface area contributed by atoms with E-state index in [0.717, 1.165) is 34.4 Å². The fourth-order valence-corrected chi connectivity index (χ4v) is 5.77. The third-order valence-corrected chi connectivity index (χ3v) is 7.92. The van der Waals surface area contributed by atoms with Gasteiger partial charge in [0.15, 0.2) is 0 Å². The maximum absolute atomic E-state index is 15.5. The molecule has 5 aromatic carbocycles. The lowest BCUT2D eigenvalue weighted by Crippen LogP contribution is -2.38. The molecule has 6 rings (SSSR count). The normalized spacial score (nSPS) is 12.3. The zero-order valence-corrected chi connectivity index (χ0v) is 24.7. The van der Waals surface area contributed by atoms with Crippen LogP contribution in [0.2, 0.25) is 0 Å². The minimum absolute atomic E-state index is 0.0144. The summed E-state index contributed by atoms with van der Waals surface area (Å²) in [5.74, 6) is -0.989. The molecule has 0 atom stereocenters. The first kappa shape index (κ1) is 30.7. The fraction of sp³-hybridized carbons (Fsp3) is 0.103. The van der Waals surface area contributed by atoms with Gasteiger partial charge in [-0.1, -0.05) is 133 Å².